The number of benzene rings is 1. The smallest absolute Gasteiger partial charge is 0.273 e. The van der Waals surface area contributed by atoms with Crippen LogP contribution in [-0.4, -0.2) is 27.1 Å². The van der Waals surface area contributed by atoms with Gasteiger partial charge in [-0.1, -0.05) is 18.2 Å². The number of nitrogens with one attached hydrogen (secondary N) is 2. The van der Waals surface area contributed by atoms with Crippen LogP contribution < -0.4 is 16.4 Å². The minimum absolute atomic E-state index is 0.0699. The van der Waals surface area contributed by atoms with Crippen LogP contribution in [0.4, 0.5) is 17.5 Å². The van der Waals surface area contributed by atoms with Gasteiger partial charge in [0.1, 0.15) is 0 Å². The van der Waals surface area contributed by atoms with E-state index in [1.165, 1.54) is 6.42 Å². The Labute approximate surface area is 122 Å². The standard InChI is InChI=1S/C14H16N6O/c15-12(21)11-13(16-9-7-4-8-9)18-14(20-19-11)17-10-5-2-1-3-6-10/h1-3,5-6,9H,4,7-8H2,(H2,15,21)(H2,16,17,18,20). The normalized spacial score (nSPS) is 14.3. The minimum atomic E-state index is -0.636. The number of rotatable bonds is 5. The molecule has 0 atom stereocenters. The third-order valence-corrected chi connectivity index (χ3v) is 3.40. The first kappa shape index (κ1) is 13.3. The molecule has 7 nitrogen and oxygen atoms in total. The van der Waals surface area contributed by atoms with Crippen LogP contribution in [0.1, 0.15) is 29.8 Å². The van der Waals surface area contributed by atoms with E-state index in [1.807, 2.05) is 30.3 Å². The molecule has 0 spiro atoms. The van der Waals surface area contributed by atoms with E-state index in [0.717, 1.165) is 18.5 Å². The zero-order valence-electron chi connectivity index (χ0n) is 11.4. The summed E-state index contributed by atoms with van der Waals surface area (Å²) in [6.07, 6.45) is 3.30. The van der Waals surface area contributed by atoms with Crippen LogP contribution in [-0.2, 0) is 0 Å². The molecular weight excluding hydrogens is 268 g/mol. The molecule has 1 aromatic heterocycles. The molecule has 0 bridgehead atoms. The second kappa shape index (κ2) is 5.74. The van der Waals surface area contributed by atoms with Crippen molar-refractivity contribution in [1.29, 1.82) is 0 Å². The number of anilines is 3. The summed E-state index contributed by atoms with van der Waals surface area (Å²) in [6.45, 7) is 0. The maximum atomic E-state index is 11.4. The first-order valence-corrected chi connectivity index (χ1v) is 6.85. The van der Waals surface area contributed by atoms with E-state index in [4.69, 9.17) is 5.73 Å². The van der Waals surface area contributed by atoms with Gasteiger partial charge in [0, 0.05) is 11.7 Å². The van der Waals surface area contributed by atoms with Crippen molar-refractivity contribution >= 4 is 23.4 Å². The zero-order chi connectivity index (χ0) is 14.7. The van der Waals surface area contributed by atoms with E-state index in [0.29, 0.717) is 17.8 Å². The summed E-state index contributed by atoms with van der Waals surface area (Å²) in [5, 5.41) is 14.0. The van der Waals surface area contributed by atoms with Crippen LogP contribution in [0.15, 0.2) is 30.3 Å². The Morgan fingerprint density at radius 1 is 1.19 bits per heavy atom. The fourth-order valence-corrected chi connectivity index (χ4v) is 2.04. The van der Waals surface area contributed by atoms with Crippen molar-refractivity contribution in [2.45, 2.75) is 25.3 Å². The third-order valence-electron chi connectivity index (χ3n) is 3.40. The zero-order valence-corrected chi connectivity index (χ0v) is 11.4. The molecule has 1 aromatic carbocycles. The average molecular weight is 284 g/mol. The molecule has 2 aromatic rings. The topological polar surface area (TPSA) is 106 Å². The first-order valence-electron chi connectivity index (χ1n) is 6.85. The molecule has 4 N–H and O–H groups in total. The largest absolute Gasteiger partial charge is 0.365 e. The highest BCUT2D eigenvalue weighted by molar-refractivity contribution is 5.95. The van der Waals surface area contributed by atoms with Gasteiger partial charge in [-0.15, -0.1) is 10.2 Å². The number of carbonyl (C=O) groups excluding carboxylic acids is 1. The van der Waals surface area contributed by atoms with Gasteiger partial charge in [0.25, 0.3) is 5.91 Å². The van der Waals surface area contributed by atoms with Gasteiger partial charge in [0.15, 0.2) is 11.5 Å². The summed E-state index contributed by atoms with van der Waals surface area (Å²) >= 11 is 0. The maximum absolute atomic E-state index is 11.4. The van der Waals surface area contributed by atoms with Crippen molar-refractivity contribution in [3.05, 3.63) is 36.0 Å². The van der Waals surface area contributed by atoms with Crippen LogP contribution in [0.25, 0.3) is 0 Å². The van der Waals surface area contributed by atoms with Crippen LogP contribution in [0, 0.1) is 0 Å². The van der Waals surface area contributed by atoms with Crippen molar-refractivity contribution in [2.75, 3.05) is 10.6 Å². The van der Waals surface area contributed by atoms with Gasteiger partial charge in [-0.2, -0.15) is 4.98 Å². The Hall–Kier alpha value is -2.70. The quantitative estimate of drug-likeness (QED) is 0.771. The minimum Gasteiger partial charge on any atom is -0.365 e. The fourth-order valence-electron chi connectivity index (χ4n) is 2.04. The number of aromatic nitrogens is 3. The summed E-state index contributed by atoms with van der Waals surface area (Å²) in [7, 11) is 0. The number of nitrogens with two attached hydrogens (primary N) is 1. The highest BCUT2D eigenvalue weighted by Crippen LogP contribution is 2.24. The van der Waals surface area contributed by atoms with Gasteiger partial charge in [0.2, 0.25) is 5.95 Å². The lowest BCUT2D eigenvalue weighted by Crippen LogP contribution is -2.30. The number of hydrogen-bond donors (Lipinski definition) is 3. The van der Waals surface area contributed by atoms with Gasteiger partial charge in [0.05, 0.1) is 0 Å². The van der Waals surface area contributed by atoms with E-state index in [-0.39, 0.29) is 5.69 Å². The lowest BCUT2D eigenvalue weighted by molar-refractivity contribution is 0.0995. The van der Waals surface area contributed by atoms with Gasteiger partial charge >= 0.3 is 0 Å². The summed E-state index contributed by atoms with van der Waals surface area (Å²) in [6, 6.07) is 9.84. The Kier molecular flexibility index (Phi) is 3.63. The molecule has 108 valence electrons. The number of nitrogens with zero attached hydrogens (tertiary/aromatic N) is 3. The van der Waals surface area contributed by atoms with E-state index < -0.39 is 5.91 Å². The Morgan fingerprint density at radius 3 is 2.57 bits per heavy atom. The van der Waals surface area contributed by atoms with Crippen molar-refractivity contribution < 1.29 is 4.79 Å². The second-order valence-corrected chi connectivity index (χ2v) is 4.96. The number of para-hydroxylation sites is 1. The van der Waals surface area contributed by atoms with E-state index in [9.17, 15) is 4.79 Å². The molecule has 0 aliphatic heterocycles. The second-order valence-electron chi connectivity index (χ2n) is 4.96. The molecule has 1 amide bonds. The van der Waals surface area contributed by atoms with Crippen LogP contribution in [0.3, 0.4) is 0 Å². The Morgan fingerprint density at radius 2 is 1.95 bits per heavy atom. The predicted octanol–water partition coefficient (Wildman–Crippen LogP) is 1.68. The van der Waals surface area contributed by atoms with Crippen molar-refractivity contribution in [2.24, 2.45) is 5.73 Å². The molecule has 0 unspecified atom stereocenters. The maximum Gasteiger partial charge on any atom is 0.273 e. The third kappa shape index (κ3) is 3.07. The molecule has 1 saturated carbocycles. The van der Waals surface area contributed by atoms with Gasteiger partial charge in [-0.25, -0.2) is 0 Å². The highest BCUT2D eigenvalue weighted by Gasteiger charge is 2.22. The van der Waals surface area contributed by atoms with Crippen molar-refractivity contribution in [3.63, 3.8) is 0 Å². The lowest BCUT2D eigenvalue weighted by Gasteiger charge is -2.27. The van der Waals surface area contributed by atoms with Crippen molar-refractivity contribution in [3.8, 4) is 0 Å². The molecule has 21 heavy (non-hydrogen) atoms. The SMILES string of the molecule is NC(=O)c1nnc(Nc2ccccc2)nc1NC1CCC1. The van der Waals surface area contributed by atoms with E-state index in [1.54, 1.807) is 0 Å². The summed E-state index contributed by atoms with van der Waals surface area (Å²) in [5.41, 5.74) is 6.23. The lowest BCUT2D eigenvalue weighted by atomic mass is 9.93. The molecule has 1 heterocycles. The molecule has 0 radical (unpaired) electrons. The average Bonchev–Trinajstić information content (AvgIpc) is 2.44. The van der Waals surface area contributed by atoms with Crippen molar-refractivity contribution in [1.82, 2.24) is 15.2 Å². The molecule has 3 rings (SSSR count). The molecule has 1 aliphatic carbocycles. The molecule has 7 heteroatoms. The first-order chi connectivity index (χ1) is 10.2. The summed E-state index contributed by atoms with van der Waals surface area (Å²) in [4.78, 5) is 15.7. The Bertz CT molecular complexity index is 641. The van der Waals surface area contributed by atoms with Gasteiger partial charge in [-0.05, 0) is 31.4 Å². The number of carbonyl (C=O) groups is 1. The number of amides is 1. The monoisotopic (exact) mass is 284 g/mol. The van der Waals surface area contributed by atoms with E-state index >= 15 is 0 Å². The molecule has 1 aliphatic rings. The number of hydrogen-bond acceptors (Lipinski definition) is 6. The van der Waals surface area contributed by atoms with Crippen LogP contribution in [0.2, 0.25) is 0 Å². The molecule has 1 fully saturated rings. The fraction of sp³-hybridized carbons (Fsp3) is 0.286. The number of primary amides is 1. The summed E-state index contributed by atoms with van der Waals surface area (Å²) in [5.74, 6) is 0.0803. The van der Waals surface area contributed by atoms with E-state index in [2.05, 4.69) is 25.8 Å². The predicted molar refractivity (Wildman–Crippen MR) is 79.3 cm³/mol. The summed E-state index contributed by atoms with van der Waals surface area (Å²) < 4.78 is 0. The van der Waals surface area contributed by atoms with Crippen LogP contribution >= 0.6 is 0 Å². The highest BCUT2D eigenvalue weighted by atomic mass is 16.1. The molecular formula is C14H16N6O. The molecule has 0 saturated heterocycles. The van der Waals surface area contributed by atoms with Crippen LogP contribution in [0.5, 0.6) is 0 Å². The Balaban J connectivity index is 1.84. The van der Waals surface area contributed by atoms with Gasteiger partial charge in [-0.3, -0.25) is 4.79 Å². The van der Waals surface area contributed by atoms with Gasteiger partial charge < -0.3 is 16.4 Å².